The molecule has 1 fully saturated rings. The summed E-state index contributed by atoms with van der Waals surface area (Å²) in [4.78, 5) is 24.5. The van der Waals surface area contributed by atoms with Gasteiger partial charge in [0, 0.05) is 31.6 Å². The largest absolute Gasteiger partial charge is 0.496 e. The van der Waals surface area contributed by atoms with Gasteiger partial charge < -0.3 is 14.5 Å². The van der Waals surface area contributed by atoms with Crippen LogP contribution in [0.5, 0.6) is 5.75 Å². The van der Waals surface area contributed by atoms with E-state index >= 15 is 0 Å². The monoisotopic (exact) mass is 424 g/mol. The van der Waals surface area contributed by atoms with Gasteiger partial charge in [0.05, 0.1) is 18.2 Å². The number of aromatic nitrogens is 2. The van der Waals surface area contributed by atoms with E-state index in [0.29, 0.717) is 37.3 Å². The lowest BCUT2D eigenvalue weighted by Crippen LogP contribution is -2.48. The van der Waals surface area contributed by atoms with Gasteiger partial charge in [-0.25, -0.2) is 18.7 Å². The number of aryl methyl sites for hydroxylation is 1. The Morgan fingerprint density at radius 2 is 1.90 bits per heavy atom. The molecule has 1 aromatic heterocycles. The molecule has 0 radical (unpaired) electrons. The van der Waals surface area contributed by atoms with Crippen LogP contribution in [0.4, 0.5) is 14.6 Å². The Hall–Kier alpha value is -3.55. The maximum absolute atomic E-state index is 14.7. The van der Waals surface area contributed by atoms with Crippen molar-refractivity contribution in [1.82, 2.24) is 14.9 Å². The summed E-state index contributed by atoms with van der Waals surface area (Å²) in [5.41, 5.74) is 1.93. The quantitative estimate of drug-likeness (QED) is 0.598. The fraction of sp³-hybridized carbons (Fsp3) is 0.261. The van der Waals surface area contributed by atoms with Crippen LogP contribution in [0.15, 0.2) is 43.2 Å². The van der Waals surface area contributed by atoms with E-state index < -0.39 is 11.6 Å². The molecule has 0 aliphatic carbocycles. The van der Waals surface area contributed by atoms with Gasteiger partial charge >= 0.3 is 0 Å². The number of nitrogens with zero attached hydrogens (tertiary/aromatic N) is 4. The Bertz CT molecular complexity index is 1170. The molecule has 1 aliphatic rings. The van der Waals surface area contributed by atoms with Crippen LogP contribution >= 0.6 is 0 Å². The first-order chi connectivity index (χ1) is 14.9. The molecule has 0 bridgehead atoms. The molecular weight excluding hydrogens is 402 g/mol. The molecule has 0 spiro atoms. The summed E-state index contributed by atoms with van der Waals surface area (Å²) < 4.78 is 33.9. The number of halogens is 2. The standard InChI is InChI=1S/C23H22F2N4O2/c1-4-20(30)28-7-9-29(10-8-28)23-16-11-14(2)15(12-18(16)26-13-27-23)21-19(31-3)6-5-17(24)22(21)25/h4-6,11-13H,1,7-10H2,2-3H3. The molecular formula is C23H22F2N4O2. The zero-order valence-electron chi connectivity index (χ0n) is 17.4. The number of anilines is 1. The number of benzene rings is 2. The zero-order chi connectivity index (χ0) is 22.1. The molecule has 1 saturated heterocycles. The molecule has 0 unspecified atom stereocenters. The Morgan fingerprint density at radius 1 is 1.16 bits per heavy atom. The minimum absolute atomic E-state index is 0.0682. The summed E-state index contributed by atoms with van der Waals surface area (Å²) in [6.07, 6.45) is 2.78. The lowest BCUT2D eigenvalue weighted by molar-refractivity contribution is -0.126. The predicted octanol–water partition coefficient (Wildman–Crippen LogP) is 3.73. The van der Waals surface area contributed by atoms with Gasteiger partial charge in [-0.2, -0.15) is 0 Å². The van der Waals surface area contributed by atoms with Crippen LogP contribution in [-0.2, 0) is 4.79 Å². The van der Waals surface area contributed by atoms with E-state index in [1.807, 2.05) is 13.0 Å². The molecule has 1 aliphatic heterocycles. The van der Waals surface area contributed by atoms with Crippen LogP contribution in [0.3, 0.4) is 0 Å². The molecule has 0 atom stereocenters. The second kappa shape index (κ2) is 8.29. The van der Waals surface area contributed by atoms with Crippen LogP contribution in [0.2, 0.25) is 0 Å². The molecule has 1 amide bonds. The van der Waals surface area contributed by atoms with Crippen molar-refractivity contribution in [3.8, 4) is 16.9 Å². The molecule has 31 heavy (non-hydrogen) atoms. The number of hydrogen-bond acceptors (Lipinski definition) is 5. The molecule has 2 aromatic carbocycles. The van der Waals surface area contributed by atoms with E-state index in [0.717, 1.165) is 22.8 Å². The fourth-order valence-corrected chi connectivity index (χ4v) is 3.94. The second-order valence-corrected chi connectivity index (χ2v) is 7.34. The van der Waals surface area contributed by atoms with Gasteiger partial charge in [0.25, 0.3) is 0 Å². The normalized spacial score (nSPS) is 14.1. The van der Waals surface area contributed by atoms with E-state index in [9.17, 15) is 13.6 Å². The summed E-state index contributed by atoms with van der Waals surface area (Å²) in [7, 11) is 1.42. The van der Waals surface area contributed by atoms with Crippen LogP contribution in [0.25, 0.3) is 22.0 Å². The van der Waals surface area contributed by atoms with Crippen LogP contribution in [0.1, 0.15) is 5.56 Å². The van der Waals surface area contributed by atoms with Crippen LogP contribution < -0.4 is 9.64 Å². The number of methoxy groups -OCH3 is 1. The number of ether oxygens (including phenoxy) is 1. The van der Waals surface area contributed by atoms with Crippen molar-refractivity contribution >= 4 is 22.6 Å². The summed E-state index contributed by atoms with van der Waals surface area (Å²) >= 11 is 0. The average molecular weight is 424 g/mol. The summed E-state index contributed by atoms with van der Waals surface area (Å²) in [6.45, 7) is 7.75. The van der Waals surface area contributed by atoms with Gasteiger partial charge in [-0.1, -0.05) is 6.58 Å². The number of hydrogen-bond donors (Lipinski definition) is 0. The highest BCUT2D eigenvalue weighted by molar-refractivity contribution is 5.94. The molecule has 8 heteroatoms. The van der Waals surface area contributed by atoms with E-state index in [1.54, 1.807) is 11.0 Å². The van der Waals surface area contributed by atoms with Gasteiger partial charge in [0.15, 0.2) is 11.6 Å². The third kappa shape index (κ3) is 3.69. The number of carbonyl (C=O) groups excluding carboxylic acids is 1. The third-order valence-electron chi connectivity index (χ3n) is 5.57. The van der Waals surface area contributed by atoms with Crippen LogP contribution in [0, 0.1) is 18.6 Å². The average Bonchev–Trinajstić information content (AvgIpc) is 2.79. The zero-order valence-corrected chi connectivity index (χ0v) is 17.4. The van der Waals surface area contributed by atoms with Crippen molar-refractivity contribution in [2.24, 2.45) is 0 Å². The number of amides is 1. The maximum atomic E-state index is 14.7. The molecule has 3 aromatic rings. The van der Waals surface area contributed by atoms with Crippen molar-refractivity contribution in [2.75, 3.05) is 38.2 Å². The van der Waals surface area contributed by atoms with Crippen molar-refractivity contribution in [3.05, 3.63) is 60.4 Å². The SMILES string of the molecule is C=CC(=O)N1CCN(c2ncnc3cc(-c4c(OC)ccc(F)c4F)c(C)cc23)CC1. The van der Waals surface area contributed by atoms with Crippen molar-refractivity contribution in [1.29, 1.82) is 0 Å². The lowest BCUT2D eigenvalue weighted by atomic mass is 9.96. The topological polar surface area (TPSA) is 58.6 Å². The van der Waals surface area contributed by atoms with E-state index in [-0.39, 0.29) is 17.2 Å². The summed E-state index contributed by atoms with van der Waals surface area (Å²) in [5.74, 6) is -0.987. The molecule has 4 rings (SSSR count). The van der Waals surface area contributed by atoms with Gasteiger partial charge in [-0.15, -0.1) is 0 Å². The molecule has 2 heterocycles. The van der Waals surface area contributed by atoms with Crippen molar-refractivity contribution < 1.29 is 18.3 Å². The van der Waals surface area contributed by atoms with E-state index in [1.165, 1.54) is 25.6 Å². The minimum atomic E-state index is -0.959. The molecule has 6 nitrogen and oxygen atoms in total. The first kappa shape index (κ1) is 20.7. The maximum Gasteiger partial charge on any atom is 0.246 e. The molecule has 160 valence electrons. The highest BCUT2D eigenvalue weighted by atomic mass is 19.2. The first-order valence-corrected chi connectivity index (χ1v) is 9.88. The Morgan fingerprint density at radius 3 is 2.58 bits per heavy atom. The molecule has 0 saturated carbocycles. The van der Waals surface area contributed by atoms with Crippen molar-refractivity contribution in [3.63, 3.8) is 0 Å². The van der Waals surface area contributed by atoms with Gasteiger partial charge in [0.2, 0.25) is 5.91 Å². The fourth-order valence-electron chi connectivity index (χ4n) is 3.94. The third-order valence-corrected chi connectivity index (χ3v) is 5.57. The number of fused-ring (bicyclic) bond motifs is 1. The number of rotatable bonds is 4. The number of carbonyl (C=O) groups is 1. The Labute approximate surface area is 178 Å². The highest BCUT2D eigenvalue weighted by Crippen LogP contribution is 2.38. The van der Waals surface area contributed by atoms with Gasteiger partial charge in [-0.3, -0.25) is 4.79 Å². The van der Waals surface area contributed by atoms with Crippen molar-refractivity contribution in [2.45, 2.75) is 6.92 Å². The number of piperazine rings is 1. The minimum Gasteiger partial charge on any atom is -0.496 e. The summed E-state index contributed by atoms with van der Waals surface area (Å²) in [6, 6.07) is 6.07. The van der Waals surface area contributed by atoms with E-state index in [4.69, 9.17) is 4.74 Å². The first-order valence-electron chi connectivity index (χ1n) is 9.88. The van der Waals surface area contributed by atoms with Gasteiger partial charge in [-0.05, 0) is 48.4 Å². The summed E-state index contributed by atoms with van der Waals surface area (Å²) in [5, 5.41) is 0.808. The van der Waals surface area contributed by atoms with Crippen LogP contribution in [-0.4, -0.2) is 54.1 Å². The predicted molar refractivity (Wildman–Crippen MR) is 115 cm³/mol. The van der Waals surface area contributed by atoms with E-state index in [2.05, 4.69) is 21.4 Å². The smallest absolute Gasteiger partial charge is 0.246 e. The lowest BCUT2D eigenvalue weighted by Gasteiger charge is -2.35. The highest BCUT2D eigenvalue weighted by Gasteiger charge is 2.23. The second-order valence-electron chi connectivity index (χ2n) is 7.34. The molecule has 0 N–H and O–H groups in total. The Kier molecular flexibility index (Phi) is 5.54. The Balaban J connectivity index is 1.76. The van der Waals surface area contributed by atoms with Gasteiger partial charge in [0.1, 0.15) is 17.9 Å².